The predicted octanol–water partition coefficient (Wildman–Crippen LogP) is 2.50. The first-order valence-corrected chi connectivity index (χ1v) is 9.04. The van der Waals surface area contributed by atoms with Gasteiger partial charge in [-0.2, -0.15) is 0 Å². The molecule has 0 bridgehead atoms. The summed E-state index contributed by atoms with van der Waals surface area (Å²) in [4.78, 5) is 0.173. The van der Waals surface area contributed by atoms with Gasteiger partial charge < -0.3 is 9.47 Å². The number of hydrogen-bond donors (Lipinski definition) is 1. The van der Waals surface area contributed by atoms with E-state index in [-0.39, 0.29) is 11.4 Å². The van der Waals surface area contributed by atoms with Crippen molar-refractivity contribution in [1.29, 1.82) is 0 Å². The van der Waals surface area contributed by atoms with Gasteiger partial charge in [-0.1, -0.05) is 31.2 Å². The van der Waals surface area contributed by atoms with Crippen LogP contribution >= 0.6 is 0 Å². The number of hydrogen-bond acceptors (Lipinski definition) is 4. The molecule has 1 aliphatic rings. The number of aryl methyl sites for hydroxylation is 1. The zero-order valence-corrected chi connectivity index (χ0v) is 13.7. The van der Waals surface area contributed by atoms with Gasteiger partial charge in [0.2, 0.25) is 10.0 Å². The van der Waals surface area contributed by atoms with Gasteiger partial charge in [-0.3, -0.25) is 0 Å². The lowest BCUT2D eigenvalue weighted by Crippen LogP contribution is -2.23. The van der Waals surface area contributed by atoms with Crippen LogP contribution in [0.2, 0.25) is 0 Å². The number of rotatable bonds is 5. The fourth-order valence-electron chi connectivity index (χ4n) is 2.35. The number of ether oxygens (including phenoxy) is 2. The van der Waals surface area contributed by atoms with Crippen LogP contribution in [0.15, 0.2) is 47.4 Å². The topological polar surface area (TPSA) is 64.6 Å². The fourth-order valence-corrected chi connectivity index (χ4v) is 3.38. The van der Waals surface area contributed by atoms with Crippen LogP contribution in [0.5, 0.6) is 11.5 Å². The van der Waals surface area contributed by atoms with Crippen molar-refractivity contribution >= 4 is 10.0 Å². The molecule has 3 rings (SSSR count). The largest absolute Gasteiger partial charge is 0.486 e. The van der Waals surface area contributed by atoms with Crippen LogP contribution < -0.4 is 14.2 Å². The van der Waals surface area contributed by atoms with Crippen molar-refractivity contribution in [3.8, 4) is 11.5 Å². The lowest BCUT2D eigenvalue weighted by Gasteiger charge is -2.19. The summed E-state index contributed by atoms with van der Waals surface area (Å²) in [6, 6.07) is 12.5. The van der Waals surface area contributed by atoms with Gasteiger partial charge in [0.1, 0.15) is 13.2 Å². The normalized spacial score (nSPS) is 13.8. The Morgan fingerprint density at radius 2 is 1.61 bits per heavy atom. The highest BCUT2D eigenvalue weighted by Crippen LogP contribution is 2.32. The smallest absolute Gasteiger partial charge is 0.241 e. The summed E-state index contributed by atoms with van der Waals surface area (Å²) < 4.78 is 38.3. The Hall–Kier alpha value is -2.05. The highest BCUT2D eigenvalue weighted by molar-refractivity contribution is 7.89. The minimum Gasteiger partial charge on any atom is -0.486 e. The Kier molecular flexibility index (Phi) is 4.54. The third kappa shape index (κ3) is 3.65. The Labute approximate surface area is 136 Å². The minimum absolute atomic E-state index is 0.173. The molecule has 0 amide bonds. The van der Waals surface area contributed by atoms with Crippen molar-refractivity contribution in [1.82, 2.24) is 4.72 Å². The molecule has 0 aromatic heterocycles. The third-order valence-corrected chi connectivity index (χ3v) is 5.12. The summed E-state index contributed by atoms with van der Waals surface area (Å²) in [5.74, 6) is 1.04. The van der Waals surface area contributed by atoms with E-state index in [1.807, 2.05) is 24.3 Å². The van der Waals surface area contributed by atoms with Crippen molar-refractivity contribution in [3.63, 3.8) is 0 Å². The molecule has 1 N–H and O–H groups in total. The van der Waals surface area contributed by atoms with Crippen LogP contribution in [-0.2, 0) is 23.0 Å². The number of nitrogens with one attached hydrogen (secondary N) is 1. The molecule has 0 saturated heterocycles. The van der Waals surface area contributed by atoms with E-state index in [1.165, 1.54) is 17.7 Å². The van der Waals surface area contributed by atoms with E-state index in [0.717, 1.165) is 12.0 Å². The lowest BCUT2D eigenvalue weighted by molar-refractivity contribution is 0.171. The van der Waals surface area contributed by atoms with E-state index in [2.05, 4.69) is 11.6 Å². The van der Waals surface area contributed by atoms with Gasteiger partial charge in [-0.25, -0.2) is 13.1 Å². The molecule has 2 aromatic carbocycles. The van der Waals surface area contributed by atoms with Gasteiger partial charge in [0, 0.05) is 12.6 Å². The first kappa shape index (κ1) is 15.8. The van der Waals surface area contributed by atoms with E-state index < -0.39 is 10.0 Å². The van der Waals surface area contributed by atoms with Crippen LogP contribution in [0.1, 0.15) is 18.1 Å². The Morgan fingerprint density at radius 3 is 2.30 bits per heavy atom. The third-order valence-electron chi connectivity index (χ3n) is 3.72. The summed E-state index contributed by atoms with van der Waals surface area (Å²) in [6.45, 7) is 3.24. The van der Waals surface area contributed by atoms with Crippen molar-refractivity contribution < 1.29 is 17.9 Å². The average Bonchev–Trinajstić information content (AvgIpc) is 2.60. The molecule has 0 fully saturated rings. The molecule has 2 aromatic rings. The molecule has 0 saturated carbocycles. The summed E-state index contributed by atoms with van der Waals surface area (Å²) in [5.41, 5.74) is 2.15. The molecular formula is C17H19NO4S. The molecule has 23 heavy (non-hydrogen) atoms. The second-order valence-corrected chi connectivity index (χ2v) is 7.07. The number of benzene rings is 2. The molecule has 0 radical (unpaired) electrons. The van der Waals surface area contributed by atoms with Gasteiger partial charge in [0.05, 0.1) is 4.90 Å². The van der Waals surface area contributed by atoms with Crippen LogP contribution in [0.3, 0.4) is 0 Å². The average molecular weight is 333 g/mol. The molecule has 0 aliphatic carbocycles. The van der Waals surface area contributed by atoms with Gasteiger partial charge in [-0.15, -0.1) is 0 Å². The van der Waals surface area contributed by atoms with E-state index in [9.17, 15) is 8.42 Å². The molecule has 5 nitrogen and oxygen atoms in total. The highest BCUT2D eigenvalue weighted by Gasteiger charge is 2.19. The van der Waals surface area contributed by atoms with Crippen LogP contribution in [0.25, 0.3) is 0 Å². The molecule has 0 atom stereocenters. The molecule has 122 valence electrons. The zero-order valence-electron chi connectivity index (χ0n) is 12.9. The Morgan fingerprint density at radius 1 is 0.957 bits per heavy atom. The fraction of sp³-hybridized carbons (Fsp3) is 0.294. The van der Waals surface area contributed by atoms with Crippen LogP contribution in [-0.4, -0.2) is 21.6 Å². The standard InChI is InChI=1S/C17H19NO4S/c1-2-13-3-5-14(6-4-13)12-18-23(19,20)15-7-8-16-17(11-15)22-10-9-21-16/h3-8,11,18H,2,9-10,12H2,1H3. The van der Waals surface area contributed by atoms with Crippen molar-refractivity contribution in [3.05, 3.63) is 53.6 Å². The van der Waals surface area contributed by atoms with E-state index in [1.54, 1.807) is 6.07 Å². The maximum atomic E-state index is 12.4. The highest BCUT2D eigenvalue weighted by atomic mass is 32.2. The van der Waals surface area contributed by atoms with Gasteiger partial charge >= 0.3 is 0 Å². The van der Waals surface area contributed by atoms with Gasteiger partial charge in [0.15, 0.2) is 11.5 Å². The number of sulfonamides is 1. The first-order valence-electron chi connectivity index (χ1n) is 7.55. The Balaban J connectivity index is 1.73. The summed E-state index contributed by atoms with van der Waals surface area (Å²) in [5, 5.41) is 0. The van der Waals surface area contributed by atoms with E-state index >= 15 is 0 Å². The maximum absolute atomic E-state index is 12.4. The van der Waals surface area contributed by atoms with E-state index in [0.29, 0.717) is 24.7 Å². The Bertz CT molecular complexity index is 785. The first-order chi connectivity index (χ1) is 11.1. The van der Waals surface area contributed by atoms with Crippen molar-refractivity contribution in [2.75, 3.05) is 13.2 Å². The minimum atomic E-state index is -3.59. The molecule has 1 aliphatic heterocycles. The maximum Gasteiger partial charge on any atom is 0.241 e. The van der Waals surface area contributed by atoms with Crippen LogP contribution in [0, 0.1) is 0 Å². The molecule has 0 spiro atoms. The SMILES string of the molecule is CCc1ccc(CNS(=O)(=O)c2ccc3c(c2)OCCO3)cc1. The van der Waals surface area contributed by atoms with Gasteiger partial charge in [0.25, 0.3) is 0 Å². The predicted molar refractivity (Wildman–Crippen MR) is 87.3 cm³/mol. The number of fused-ring (bicyclic) bond motifs is 1. The van der Waals surface area contributed by atoms with E-state index in [4.69, 9.17) is 9.47 Å². The summed E-state index contributed by atoms with van der Waals surface area (Å²) >= 11 is 0. The summed E-state index contributed by atoms with van der Waals surface area (Å²) in [7, 11) is -3.59. The molecular weight excluding hydrogens is 314 g/mol. The molecule has 1 heterocycles. The second-order valence-electron chi connectivity index (χ2n) is 5.30. The summed E-state index contributed by atoms with van der Waals surface area (Å²) in [6.07, 6.45) is 0.962. The monoisotopic (exact) mass is 333 g/mol. The molecule has 0 unspecified atom stereocenters. The van der Waals surface area contributed by atoms with Crippen molar-refractivity contribution in [2.24, 2.45) is 0 Å². The van der Waals surface area contributed by atoms with Crippen molar-refractivity contribution in [2.45, 2.75) is 24.8 Å². The van der Waals surface area contributed by atoms with Crippen LogP contribution in [0.4, 0.5) is 0 Å². The molecule has 6 heteroatoms. The lowest BCUT2D eigenvalue weighted by atomic mass is 10.1. The quantitative estimate of drug-likeness (QED) is 0.913. The van der Waals surface area contributed by atoms with Gasteiger partial charge in [-0.05, 0) is 29.7 Å². The second kappa shape index (κ2) is 6.60. The zero-order chi connectivity index (χ0) is 16.3.